The summed E-state index contributed by atoms with van der Waals surface area (Å²) in [6, 6.07) is 9.75. The van der Waals surface area contributed by atoms with E-state index in [2.05, 4.69) is 16.4 Å². The number of nitriles is 1. The summed E-state index contributed by atoms with van der Waals surface area (Å²) >= 11 is 0. The zero-order valence-corrected chi connectivity index (χ0v) is 15.5. The lowest BCUT2D eigenvalue weighted by atomic mass is 9.90. The lowest BCUT2D eigenvalue weighted by Crippen LogP contribution is -2.20. The van der Waals surface area contributed by atoms with E-state index in [1.807, 2.05) is 25.1 Å². The van der Waals surface area contributed by atoms with Crippen LogP contribution in [0.25, 0.3) is 0 Å². The van der Waals surface area contributed by atoms with Gasteiger partial charge in [-0.15, -0.1) is 0 Å². The van der Waals surface area contributed by atoms with Crippen LogP contribution in [0.5, 0.6) is 0 Å². The highest BCUT2D eigenvalue weighted by molar-refractivity contribution is 6.12. The van der Waals surface area contributed by atoms with E-state index in [-0.39, 0.29) is 11.8 Å². The van der Waals surface area contributed by atoms with Gasteiger partial charge in [0, 0.05) is 16.9 Å². The molecule has 2 aromatic heterocycles. The third kappa shape index (κ3) is 3.21. The number of nitrogens with two attached hydrogens (primary N) is 1. The molecular formula is C21H20N6O. The number of aromatic nitrogens is 2. The molecule has 0 bridgehead atoms. The van der Waals surface area contributed by atoms with Crippen molar-refractivity contribution >= 4 is 17.1 Å². The van der Waals surface area contributed by atoms with Gasteiger partial charge in [-0.2, -0.15) is 5.26 Å². The van der Waals surface area contributed by atoms with Crippen molar-refractivity contribution in [2.24, 2.45) is 0 Å². The number of oxazole rings is 1. The first-order valence-electron chi connectivity index (χ1n) is 9.11. The number of nitrogen functional groups attached to an aromatic ring is 1. The minimum absolute atomic E-state index is 0.0473. The minimum atomic E-state index is 0.0473. The van der Waals surface area contributed by atoms with Crippen molar-refractivity contribution in [3.8, 4) is 6.07 Å². The summed E-state index contributed by atoms with van der Waals surface area (Å²) < 4.78 is 5.23. The minimum Gasteiger partial charge on any atom is -0.442 e. The lowest BCUT2D eigenvalue weighted by molar-refractivity contribution is 0.548. The molecule has 140 valence electrons. The van der Waals surface area contributed by atoms with Gasteiger partial charge in [0.25, 0.3) is 0 Å². The van der Waals surface area contributed by atoms with E-state index in [0.717, 1.165) is 41.9 Å². The van der Waals surface area contributed by atoms with Crippen molar-refractivity contribution in [2.75, 3.05) is 11.1 Å². The van der Waals surface area contributed by atoms with E-state index >= 15 is 0 Å². The second-order valence-corrected chi connectivity index (χ2v) is 6.91. The van der Waals surface area contributed by atoms with E-state index in [9.17, 15) is 5.26 Å². The van der Waals surface area contributed by atoms with Crippen LogP contribution in [0.15, 0.2) is 41.3 Å². The molecule has 0 aliphatic heterocycles. The molecule has 0 saturated carbocycles. The Morgan fingerprint density at radius 2 is 2.25 bits per heavy atom. The standard InChI is InChI=1S/C21H20N6O/c1-12-14(9-22)7-13-3-2-4-18(21(13)26-12)27-15-5-6-17(23)16(8-15)20(24)19-10-25-11-28-19/h5-8,10-11,18,24,27H,2-4,23H2,1H3. The van der Waals surface area contributed by atoms with Crippen LogP contribution in [0, 0.1) is 23.7 Å². The Balaban J connectivity index is 1.64. The molecule has 0 radical (unpaired) electrons. The zero-order valence-electron chi connectivity index (χ0n) is 15.5. The smallest absolute Gasteiger partial charge is 0.181 e. The summed E-state index contributed by atoms with van der Waals surface area (Å²) in [6.07, 6.45) is 5.70. The predicted molar refractivity (Wildman–Crippen MR) is 106 cm³/mol. The number of nitrogens with zero attached hydrogens (tertiary/aromatic N) is 3. The Bertz CT molecular complexity index is 1080. The lowest BCUT2D eigenvalue weighted by Gasteiger charge is -2.27. The van der Waals surface area contributed by atoms with E-state index in [1.165, 1.54) is 12.6 Å². The van der Waals surface area contributed by atoms with Crippen LogP contribution in [0.3, 0.4) is 0 Å². The molecule has 2 heterocycles. The van der Waals surface area contributed by atoms with Crippen LogP contribution < -0.4 is 11.1 Å². The number of nitrogens with one attached hydrogen (secondary N) is 2. The van der Waals surface area contributed by atoms with E-state index in [1.54, 1.807) is 6.07 Å². The Morgan fingerprint density at radius 1 is 1.39 bits per heavy atom. The normalized spacial score (nSPS) is 15.5. The van der Waals surface area contributed by atoms with Crippen LogP contribution in [-0.4, -0.2) is 15.7 Å². The summed E-state index contributed by atoms with van der Waals surface area (Å²) in [6.45, 7) is 1.87. The maximum absolute atomic E-state index is 9.26. The van der Waals surface area contributed by atoms with Crippen LogP contribution in [0.4, 0.5) is 11.4 Å². The molecule has 1 atom stereocenters. The third-order valence-electron chi connectivity index (χ3n) is 5.06. The van der Waals surface area contributed by atoms with Crippen molar-refractivity contribution in [2.45, 2.75) is 32.2 Å². The molecular weight excluding hydrogens is 352 g/mol. The molecule has 7 heteroatoms. The van der Waals surface area contributed by atoms with Gasteiger partial charge in [0.1, 0.15) is 11.8 Å². The fourth-order valence-electron chi connectivity index (χ4n) is 3.59. The topological polar surface area (TPSA) is 125 Å². The van der Waals surface area contributed by atoms with Gasteiger partial charge in [-0.25, -0.2) is 4.98 Å². The fourth-order valence-corrected chi connectivity index (χ4v) is 3.59. The molecule has 7 nitrogen and oxygen atoms in total. The second-order valence-electron chi connectivity index (χ2n) is 6.91. The first-order chi connectivity index (χ1) is 13.6. The molecule has 1 aliphatic carbocycles. The molecule has 0 saturated heterocycles. The van der Waals surface area contributed by atoms with Gasteiger partial charge >= 0.3 is 0 Å². The summed E-state index contributed by atoms with van der Waals surface area (Å²) in [7, 11) is 0. The SMILES string of the molecule is Cc1nc2c(cc1C#N)CCCC2Nc1ccc(N)c(C(=N)c2cnco2)c1. The summed E-state index contributed by atoms with van der Waals surface area (Å²) in [4.78, 5) is 8.57. The monoisotopic (exact) mass is 372 g/mol. The first-order valence-corrected chi connectivity index (χ1v) is 9.11. The Hall–Kier alpha value is -3.66. The molecule has 1 aromatic carbocycles. The van der Waals surface area contributed by atoms with Gasteiger partial charge in [-0.3, -0.25) is 10.4 Å². The van der Waals surface area contributed by atoms with E-state index < -0.39 is 0 Å². The summed E-state index contributed by atoms with van der Waals surface area (Å²) in [5.41, 5.74) is 11.7. The van der Waals surface area contributed by atoms with Crippen LogP contribution in [-0.2, 0) is 6.42 Å². The average Bonchev–Trinajstić information content (AvgIpc) is 3.24. The molecule has 4 rings (SSSR count). The van der Waals surface area contributed by atoms with Crippen LogP contribution in [0.1, 0.15) is 52.7 Å². The third-order valence-corrected chi connectivity index (χ3v) is 5.06. The van der Waals surface area contributed by atoms with E-state index in [4.69, 9.17) is 20.5 Å². The second kappa shape index (κ2) is 7.16. The number of fused-ring (bicyclic) bond motifs is 1. The molecule has 0 amide bonds. The van der Waals surface area contributed by atoms with Gasteiger partial charge in [-0.05, 0) is 56.0 Å². The molecule has 0 fully saturated rings. The maximum atomic E-state index is 9.26. The number of benzene rings is 1. The predicted octanol–water partition coefficient (Wildman–Crippen LogP) is 3.74. The van der Waals surface area contributed by atoms with Gasteiger partial charge in [0.2, 0.25) is 0 Å². The largest absolute Gasteiger partial charge is 0.442 e. The summed E-state index contributed by atoms with van der Waals surface area (Å²) in [5, 5.41) is 21.1. The quantitative estimate of drug-likeness (QED) is 0.473. The van der Waals surface area contributed by atoms with Crippen molar-refractivity contribution in [1.29, 1.82) is 10.7 Å². The molecule has 1 aliphatic rings. The highest BCUT2D eigenvalue weighted by Crippen LogP contribution is 2.33. The Kier molecular flexibility index (Phi) is 4.53. The zero-order chi connectivity index (χ0) is 19.7. The van der Waals surface area contributed by atoms with Crippen molar-refractivity contribution in [3.63, 3.8) is 0 Å². The van der Waals surface area contributed by atoms with Gasteiger partial charge < -0.3 is 15.5 Å². The molecule has 0 spiro atoms. The maximum Gasteiger partial charge on any atom is 0.181 e. The Morgan fingerprint density at radius 3 is 3.00 bits per heavy atom. The molecule has 3 aromatic rings. The Labute approximate surface area is 162 Å². The fraction of sp³-hybridized carbons (Fsp3) is 0.238. The average molecular weight is 372 g/mol. The number of pyridine rings is 1. The summed E-state index contributed by atoms with van der Waals surface area (Å²) in [5.74, 6) is 0.369. The molecule has 28 heavy (non-hydrogen) atoms. The van der Waals surface area contributed by atoms with E-state index in [0.29, 0.717) is 22.6 Å². The number of anilines is 2. The molecule has 4 N–H and O–H groups in total. The van der Waals surface area contributed by atoms with Gasteiger partial charge in [0.05, 0.1) is 29.2 Å². The number of aryl methyl sites for hydroxylation is 2. The number of hydrogen-bond donors (Lipinski definition) is 3. The number of hydrogen-bond acceptors (Lipinski definition) is 7. The number of rotatable bonds is 4. The highest BCUT2D eigenvalue weighted by atomic mass is 16.3. The van der Waals surface area contributed by atoms with Crippen molar-refractivity contribution < 1.29 is 4.42 Å². The van der Waals surface area contributed by atoms with Gasteiger partial charge in [0.15, 0.2) is 12.2 Å². The van der Waals surface area contributed by atoms with Crippen LogP contribution >= 0.6 is 0 Å². The molecule has 1 unspecified atom stereocenters. The van der Waals surface area contributed by atoms with Gasteiger partial charge in [-0.1, -0.05) is 0 Å². The van der Waals surface area contributed by atoms with Crippen molar-refractivity contribution in [3.05, 3.63) is 70.7 Å². The first kappa shape index (κ1) is 17.7. The van der Waals surface area contributed by atoms with Crippen LogP contribution in [0.2, 0.25) is 0 Å². The van der Waals surface area contributed by atoms with Crippen molar-refractivity contribution in [1.82, 2.24) is 9.97 Å². The highest BCUT2D eigenvalue weighted by Gasteiger charge is 2.23.